The van der Waals surface area contributed by atoms with Gasteiger partial charge in [0, 0.05) is 0 Å². The van der Waals surface area contributed by atoms with Gasteiger partial charge in [0.2, 0.25) is 0 Å². The molecule has 1 saturated heterocycles. The van der Waals surface area contributed by atoms with Crippen LogP contribution in [-0.2, 0) is 4.79 Å². The number of hydrogen-bond acceptors (Lipinski definition) is 3. The number of para-hydroxylation sites is 1. The summed E-state index contributed by atoms with van der Waals surface area (Å²) in [5.41, 5.74) is 2.65. The minimum atomic E-state index is -0.266. The van der Waals surface area contributed by atoms with E-state index in [1.807, 2.05) is 49.4 Å². The Hall–Kier alpha value is -2.33. The minimum absolute atomic E-state index is 0.259. The predicted molar refractivity (Wildman–Crippen MR) is 86.1 cm³/mol. The Bertz CT molecular complexity index is 737. The summed E-state index contributed by atoms with van der Waals surface area (Å²) in [6, 6.07) is 16.8. The molecule has 2 aromatic rings. The zero-order valence-electron chi connectivity index (χ0n) is 11.4. The van der Waals surface area contributed by atoms with E-state index in [2.05, 4.69) is 0 Å². The summed E-state index contributed by atoms with van der Waals surface area (Å²) in [7, 11) is 0. The molecule has 1 heterocycles. The smallest absolute Gasteiger partial charge is 0.268 e. The number of amides is 2. The standard InChI is InChI=1S/C17H13NO2S/c1-12-6-5-7-13(10-12)11-15-16(19)18(17(20)21-15)14-8-3-2-4-9-14/h2-11H,1H3/b15-11-. The third-order valence-corrected chi connectivity index (χ3v) is 4.02. The fourth-order valence-corrected chi connectivity index (χ4v) is 3.02. The fraction of sp³-hybridized carbons (Fsp3) is 0.0588. The summed E-state index contributed by atoms with van der Waals surface area (Å²) in [4.78, 5) is 26.2. The first-order valence-corrected chi connectivity index (χ1v) is 7.36. The lowest BCUT2D eigenvalue weighted by molar-refractivity contribution is -0.113. The Labute approximate surface area is 127 Å². The van der Waals surface area contributed by atoms with Crippen molar-refractivity contribution in [3.63, 3.8) is 0 Å². The predicted octanol–water partition coefficient (Wildman–Crippen LogP) is 4.24. The Balaban J connectivity index is 1.94. The Morgan fingerprint density at radius 1 is 1.00 bits per heavy atom. The second-order valence-corrected chi connectivity index (χ2v) is 5.76. The molecule has 0 aliphatic carbocycles. The van der Waals surface area contributed by atoms with Crippen LogP contribution in [0.25, 0.3) is 6.08 Å². The summed E-state index contributed by atoms with van der Waals surface area (Å²) in [5.74, 6) is -0.266. The van der Waals surface area contributed by atoms with Gasteiger partial charge in [-0.2, -0.15) is 0 Å². The van der Waals surface area contributed by atoms with Crippen LogP contribution in [0, 0.1) is 6.92 Å². The second-order valence-electron chi connectivity index (χ2n) is 4.77. The van der Waals surface area contributed by atoms with E-state index in [-0.39, 0.29) is 11.1 Å². The number of aryl methyl sites for hydroxylation is 1. The maximum absolute atomic E-state index is 12.4. The van der Waals surface area contributed by atoms with Crippen molar-refractivity contribution in [1.29, 1.82) is 0 Å². The van der Waals surface area contributed by atoms with Crippen molar-refractivity contribution in [2.75, 3.05) is 4.90 Å². The van der Waals surface area contributed by atoms with Gasteiger partial charge in [-0.25, -0.2) is 4.90 Å². The lowest BCUT2D eigenvalue weighted by Gasteiger charge is -2.11. The molecule has 0 radical (unpaired) electrons. The van der Waals surface area contributed by atoms with Gasteiger partial charge in [-0.3, -0.25) is 9.59 Å². The van der Waals surface area contributed by atoms with Gasteiger partial charge in [0.25, 0.3) is 11.1 Å². The number of thioether (sulfide) groups is 1. The van der Waals surface area contributed by atoms with E-state index in [9.17, 15) is 9.59 Å². The Morgan fingerprint density at radius 2 is 1.76 bits per heavy atom. The first-order valence-electron chi connectivity index (χ1n) is 6.55. The zero-order valence-corrected chi connectivity index (χ0v) is 12.3. The molecule has 2 aromatic carbocycles. The summed E-state index contributed by atoms with van der Waals surface area (Å²) < 4.78 is 0. The van der Waals surface area contributed by atoms with Gasteiger partial charge in [-0.1, -0.05) is 48.0 Å². The van der Waals surface area contributed by atoms with Crippen LogP contribution in [0.1, 0.15) is 11.1 Å². The number of anilines is 1. The molecule has 0 aromatic heterocycles. The number of imide groups is 1. The van der Waals surface area contributed by atoms with Crippen molar-refractivity contribution in [2.45, 2.75) is 6.92 Å². The second kappa shape index (κ2) is 5.58. The van der Waals surface area contributed by atoms with E-state index < -0.39 is 0 Å². The third-order valence-electron chi connectivity index (χ3n) is 3.15. The van der Waals surface area contributed by atoms with E-state index in [0.29, 0.717) is 10.6 Å². The highest BCUT2D eigenvalue weighted by atomic mass is 32.2. The molecule has 0 atom stereocenters. The zero-order chi connectivity index (χ0) is 14.8. The number of rotatable bonds is 2. The molecule has 0 saturated carbocycles. The van der Waals surface area contributed by atoms with Gasteiger partial charge in [0.05, 0.1) is 10.6 Å². The molecule has 0 unspecified atom stereocenters. The normalized spacial score (nSPS) is 16.8. The molecule has 1 aliphatic rings. The molecule has 1 aliphatic heterocycles. The molecule has 0 bridgehead atoms. The molecule has 2 amide bonds. The van der Waals surface area contributed by atoms with Crippen LogP contribution in [-0.4, -0.2) is 11.1 Å². The topological polar surface area (TPSA) is 37.4 Å². The average Bonchev–Trinajstić information content (AvgIpc) is 2.74. The molecule has 0 N–H and O–H groups in total. The highest BCUT2D eigenvalue weighted by molar-refractivity contribution is 8.19. The minimum Gasteiger partial charge on any atom is -0.268 e. The van der Waals surface area contributed by atoms with Gasteiger partial charge >= 0.3 is 0 Å². The van der Waals surface area contributed by atoms with Gasteiger partial charge in [-0.15, -0.1) is 0 Å². The maximum atomic E-state index is 12.4. The SMILES string of the molecule is Cc1cccc(/C=C2\SC(=O)N(c3ccccc3)C2=O)c1. The van der Waals surface area contributed by atoms with Crippen LogP contribution in [0.3, 0.4) is 0 Å². The van der Waals surface area contributed by atoms with Gasteiger partial charge in [0.1, 0.15) is 0 Å². The van der Waals surface area contributed by atoms with Crippen LogP contribution < -0.4 is 4.90 Å². The lowest BCUT2D eigenvalue weighted by atomic mass is 10.1. The van der Waals surface area contributed by atoms with E-state index in [4.69, 9.17) is 0 Å². The first-order chi connectivity index (χ1) is 10.1. The summed E-state index contributed by atoms with van der Waals surface area (Å²) in [5, 5.41) is -0.259. The van der Waals surface area contributed by atoms with Crippen LogP contribution in [0.4, 0.5) is 10.5 Å². The summed E-state index contributed by atoms with van der Waals surface area (Å²) in [6.07, 6.45) is 1.76. The van der Waals surface area contributed by atoms with Crippen LogP contribution in [0.15, 0.2) is 59.5 Å². The summed E-state index contributed by atoms with van der Waals surface area (Å²) in [6.45, 7) is 1.99. The fourth-order valence-electron chi connectivity index (χ4n) is 2.18. The quantitative estimate of drug-likeness (QED) is 0.778. The van der Waals surface area contributed by atoms with Crippen molar-refractivity contribution in [1.82, 2.24) is 0 Å². The van der Waals surface area contributed by atoms with Crippen molar-refractivity contribution >= 4 is 34.7 Å². The van der Waals surface area contributed by atoms with Crippen molar-refractivity contribution in [3.8, 4) is 0 Å². The van der Waals surface area contributed by atoms with E-state index >= 15 is 0 Å². The molecule has 4 heteroatoms. The highest BCUT2D eigenvalue weighted by Crippen LogP contribution is 2.35. The summed E-state index contributed by atoms with van der Waals surface area (Å²) >= 11 is 0.976. The molecular formula is C17H13NO2S. The molecule has 104 valence electrons. The van der Waals surface area contributed by atoms with Crippen LogP contribution >= 0.6 is 11.8 Å². The molecule has 3 rings (SSSR count). The van der Waals surface area contributed by atoms with Crippen molar-refractivity contribution in [2.24, 2.45) is 0 Å². The Morgan fingerprint density at radius 3 is 2.48 bits per heavy atom. The van der Waals surface area contributed by atoms with E-state index in [0.717, 1.165) is 22.9 Å². The van der Waals surface area contributed by atoms with Crippen molar-refractivity contribution < 1.29 is 9.59 Å². The Kier molecular flexibility index (Phi) is 3.62. The number of hydrogen-bond donors (Lipinski definition) is 0. The molecular weight excluding hydrogens is 282 g/mol. The van der Waals surface area contributed by atoms with E-state index in [1.165, 1.54) is 4.90 Å². The average molecular weight is 295 g/mol. The number of carbonyl (C=O) groups is 2. The lowest BCUT2D eigenvalue weighted by Crippen LogP contribution is -2.27. The number of nitrogens with zero attached hydrogens (tertiary/aromatic N) is 1. The van der Waals surface area contributed by atoms with E-state index in [1.54, 1.807) is 18.2 Å². The van der Waals surface area contributed by atoms with Crippen LogP contribution in [0.5, 0.6) is 0 Å². The molecule has 1 fully saturated rings. The van der Waals surface area contributed by atoms with Crippen molar-refractivity contribution in [3.05, 3.63) is 70.6 Å². The van der Waals surface area contributed by atoms with Gasteiger partial charge in [0.15, 0.2) is 0 Å². The highest BCUT2D eigenvalue weighted by Gasteiger charge is 2.36. The monoisotopic (exact) mass is 295 g/mol. The largest absolute Gasteiger partial charge is 0.298 e. The molecule has 0 spiro atoms. The molecule has 21 heavy (non-hydrogen) atoms. The number of benzene rings is 2. The maximum Gasteiger partial charge on any atom is 0.298 e. The number of carbonyl (C=O) groups excluding carboxylic acids is 2. The van der Waals surface area contributed by atoms with Gasteiger partial charge in [-0.05, 0) is 42.5 Å². The first kappa shape index (κ1) is 13.6. The molecule has 3 nitrogen and oxygen atoms in total. The van der Waals surface area contributed by atoms with Crippen LogP contribution in [0.2, 0.25) is 0 Å². The van der Waals surface area contributed by atoms with Gasteiger partial charge < -0.3 is 0 Å². The third kappa shape index (κ3) is 2.76.